The first kappa shape index (κ1) is 13.0. The van der Waals surface area contributed by atoms with E-state index in [1.807, 2.05) is 20.8 Å². The maximum atomic E-state index is 11.6. The lowest BCUT2D eigenvalue weighted by atomic mass is 10.3. The molecule has 5 nitrogen and oxygen atoms in total. The number of aromatic nitrogens is 4. The predicted octanol–water partition coefficient (Wildman–Crippen LogP) is 1.67. The Hall–Kier alpha value is -2.04. The van der Waals surface area contributed by atoms with Crippen LogP contribution in [0.1, 0.15) is 25.2 Å². The van der Waals surface area contributed by atoms with Gasteiger partial charge >= 0.3 is 0 Å². The molecule has 0 amide bonds. The second kappa shape index (κ2) is 5.89. The first-order chi connectivity index (χ1) is 8.16. The average molecular weight is 232 g/mol. The van der Waals surface area contributed by atoms with Crippen LogP contribution in [0.15, 0.2) is 29.5 Å². The second-order valence-corrected chi connectivity index (χ2v) is 3.27. The molecule has 2 aromatic rings. The minimum atomic E-state index is -0.178. The van der Waals surface area contributed by atoms with Crippen LogP contribution >= 0.6 is 0 Å². The molecule has 0 fully saturated rings. The largest absolute Gasteiger partial charge is 0.271 e. The van der Waals surface area contributed by atoms with Crippen molar-refractivity contribution in [1.82, 2.24) is 19.7 Å². The molecule has 0 atom stereocenters. The molecule has 5 heteroatoms. The van der Waals surface area contributed by atoms with Crippen LogP contribution in [-0.2, 0) is 0 Å². The number of hydrogen-bond acceptors (Lipinski definition) is 4. The quantitative estimate of drug-likeness (QED) is 0.750. The SMILES string of the molecule is CC.Cc1cnn(-c2cnc(C)nc2)c(=O)c1. The lowest BCUT2D eigenvalue weighted by Crippen LogP contribution is -2.20. The summed E-state index contributed by atoms with van der Waals surface area (Å²) in [5, 5.41) is 4.00. The minimum absolute atomic E-state index is 0.178. The fourth-order valence-electron chi connectivity index (χ4n) is 1.19. The van der Waals surface area contributed by atoms with Gasteiger partial charge in [-0.2, -0.15) is 9.78 Å². The maximum absolute atomic E-state index is 11.6. The summed E-state index contributed by atoms with van der Waals surface area (Å²) in [5.74, 6) is 0.666. The van der Waals surface area contributed by atoms with Gasteiger partial charge in [0.15, 0.2) is 0 Å². The topological polar surface area (TPSA) is 60.7 Å². The van der Waals surface area contributed by atoms with E-state index >= 15 is 0 Å². The van der Waals surface area contributed by atoms with Crippen molar-refractivity contribution in [2.24, 2.45) is 0 Å². The minimum Gasteiger partial charge on any atom is -0.267 e. The molecular weight excluding hydrogens is 216 g/mol. The van der Waals surface area contributed by atoms with Crippen LogP contribution in [-0.4, -0.2) is 19.7 Å². The van der Waals surface area contributed by atoms with Crippen molar-refractivity contribution in [2.45, 2.75) is 27.7 Å². The summed E-state index contributed by atoms with van der Waals surface area (Å²) in [7, 11) is 0. The molecule has 0 saturated heterocycles. The summed E-state index contributed by atoms with van der Waals surface area (Å²) in [5.41, 5.74) is 1.23. The highest BCUT2D eigenvalue weighted by molar-refractivity contribution is 5.23. The highest BCUT2D eigenvalue weighted by atomic mass is 16.1. The highest BCUT2D eigenvalue weighted by Gasteiger charge is 2.01. The molecule has 0 bridgehead atoms. The van der Waals surface area contributed by atoms with Crippen LogP contribution in [0.25, 0.3) is 5.69 Å². The Balaban J connectivity index is 0.000000686. The van der Waals surface area contributed by atoms with Gasteiger partial charge in [-0.15, -0.1) is 0 Å². The number of rotatable bonds is 1. The van der Waals surface area contributed by atoms with Crippen molar-refractivity contribution in [1.29, 1.82) is 0 Å². The zero-order valence-corrected chi connectivity index (χ0v) is 10.5. The van der Waals surface area contributed by atoms with Gasteiger partial charge < -0.3 is 0 Å². The molecule has 90 valence electrons. The van der Waals surface area contributed by atoms with Crippen molar-refractivity contribution in [3.63, 3.8) is 0 Å². The molecule has 2 aromatic heterocycles. The molecule has 17 heavy (non-hydrogen) atoms. The summed E-state index contributed by atoms with van der Waals surface area (Å²) in [6.45, 7) is 7.61. The highest BCUT2D eigenvalue weighted by Crippen LogP contribution is 1.99. The average Bonchev–Trinajstić information content (AvgIpc) is 2.33. The van der Waals surface area contributed by atoms with Crippen LogP contribution in [0, 0.1) is 13.8 Å². The van der Waals surface area contributed by atoms with Crippen molar-refractivity contribution in [3.05, 3.63) is 46.4 Å². The fraction of sp³-hybridized carbons (Fsp3) is 0.333. The van der Waals surface area contributed by atoms with Crippen LogP contribution in [0.2, 0.25) is 0 Å². The standard InChI is InChI=1S/C10H10N4O.C2H6/c1-7-3-10(15)14(13-4-7)9-5-11-8(2)12-6-9;1-2/h3-6H,1-2H3;1-2H3. The third-order valence-corrected chi connectivity index (χ3v) is 1.95. The van der Waals surface area contributed by atoms with Gasteiger partial charge in [0.2, 0.25) is 0 Å². The lowest BCUT2D eigenvalue weighted by molar-refractivity contribution is 0.787. The Morgan fingerprint density at radius 3 is 2.18 bits per heavy atom. The van der Waals surface area contributed by atoms with Crippen molar-refractivity contribution in [3.8, 4) is 5.69 Å². The van der Waals surface area contributed by atoms with E-state index in [0.717, 1.165) is 5.56 Å². The molecule has 0 radical (unpaired) electrons. The summed E-state index contributed by atoms with van der Waals surface area (Å²) in [6, 6.07) is 1.52. The number of nitrogens with zero attached hydrogens (tertiary/aromatic N) is 4. The van der Waals surface area contributed by atoms with E-state index in [2.05, 4.69) is 15.1 Å². The van der Waals surface area contributed by atoms with E-state index in [0.29, 0.717) is 11.5 Å². The summed E-state index contributed by atoms with van der Waals surface area (Å²) in [6.07, 6.45) is 4.78. The molecular formula is C12H16N4O. The first-order valence-corrected chi connectivity index (χ1v) is 5.52. The number of hydrogen-bond donors (Lipinski definition) is 0. The zero-order chi connectivity index (χ0) is 12.8. The van der Waals surface area contributed by atoms with Gasteiger partial charge in [0, 0.05) is 6.07 Å². The zero-order valence-electron chi connectivity index (χ0n) is 10.5. The first-order valence-electron chi connectivity index (χ1n) is 5.52. The van der Waals surface area contributed by atoms with Gasteiger partial charge in [-0.25, -0.2) is 9.97 Å². The van der Waals surface area contributed by atoms with Crippen molar-refractivity contribution in [2.75, 3.05) is 0 Å². The molecule has 0 N–H and O–H groups in total. The maximum Gasteiger partial charge on any atom is 0.271 e. The monoisotopic (exact) mass is 232 g/mol. The third kappa shape index (κ3) is 3.21. The summed E-state index contributed by atoms with van der Waals surface area (Å²) < 4.78 is 1.27. The van der Waals surface area contributed by atoms with Crippen molar-refractivity contribution < 1.29 is 0 Å². The molecule has 0 unspecified atom stereocenters. The van der Waals surface area contributed by atoms with Gasteiger partial charge in [0.25, 0.3) is 5.56 Å². The molecule has 0 aromatic carbocycles. The Morgan fingerprint density at radius 2 is 1.65 bits per heavy atom. The molecule has 0 spiro atoms. The summed E-state index contributed by atoms with van der Waals surface area (Å²) in [4.78, 5) is 19.6. The van der Waals surface area contributed by atoms with Crippen LogP contribution in [0.3, 0.4) is 0 Å². The third-order valence-electron chi connectivity index (χ3n) is 1.95. The van der Waals surface area contributed by atoms with Crippen LogP contribution in [0.4, 0.5) is 0 Å². The predicted molar refractivity (Wildman–Crippen MR) is 66.2 cm³/mol. The van der Waals surface area contributed by atoms with Crippen molar-refractivity contribution >= 4 is 0 Å². The molecule has 2 rings (SSSR count). The van der Waals surface area contributed by atoms with E-state index in [1.165, 1.54) is 10.7 Å². The molecule has 0 aliphatic heterocycles. The Bertz CT molecular complexity index is 531. The van der Waals surface area contributed by atoms with Gasteiger partial charge in [0.05, 0.1) is 18.6 Å². The normalized spacial score (nSPS) is 9.41. The Kier molecular flexibility index (Phi) is 4.51. The van der Waals surface area contributed by atoms with E-state index in [9.17, 15) is 4.79 Å². The Labute approximate surface area is 100 Å². The molecule has 2 heterocycles. The smallest absolute Gasteiger partial charge is 0.267 e. The fourth-order valence-corrected chi connectivity index (χ4v) is 1.19. The molecule has 0 aliphatic rings. The van der Waals surface area contributed by atoms with E-state index in [4.69, 9.17) is 0 Å². The van der Waals surface area contributed by atoms with Crippen LogP contribution in [0.5, 0.6) is 0 Å². The Morgan fingerprint density at radius 1 is 1.06 bits per heavy atom. The van der Waals surface area contributed by atoms with Crippen LogP contribution < -0.4 is 5.56 Å². The molecule has 0 saturated carbocycles. The van der Waals surface area contributed by atoms with E-state index < -0.39 is 0 Å². The second-order valence-electron chi connectivity index (χ2n) is 3.27. The van der Waals surface area contributed by atoms with Gasteiger partial charge in [-0.05, 0) is 19.4 Å². The van der Waals surface area contributed by atoms with E-state index in [1.54, 1.807) is 25.5 Å². The van der Waals surface area contributed by atoms with Gasteiger partial charge in [0.1, 0.15) is 11.5 Å². The van der Waals surface area contributed by atoms with Gasteiger partial charge in [-0.3, -0.25) is 4.79 Å². The lowest BCUT2D eigenvalue weighted by Gasteiger charge is -2.02. The number of aryl methyl sites for hydroxylation is 2. The van der Waals surface area contributed by atoms with E-state index in [-0.39, 0.29) is 5.56 Å². The molecule has 0 aliphatic carbocycles. The van der Waals surface area contributed by atoms with Gasteiger partial charge in [-0.1, -0.05) is 13.8 Å². The summed E-state index contributed by atoms with van der Waals surface area (Å²) >= 11 is 0.